The molecule has 9 nitrogen and oxygen atoms in total. The average Bonchev–Trinajstić information content (AvgIpc) is 3.35. The number of aromatic amines is 2. The molecule has 4 rings (SSSR count). The molecule has 4 aromatic rings. The van der Waals surface area contributed by atoms with Crippen molar-refractivity contribution in [2.75, 3.05) is 10.6 Å². The van der Waals surface area contributed by atoms with E-state index in [9.17, 15) is 9.59 Å². The highest BCUT2D eigenvalue weighted by atomic mass is 79.9. The minimum atomic E-state index is -0.432. The molecule has 0 saturated heterocycles. The van der Waals surface area contributed by atoms with Crippen LogP contribution in [-0.4, -0.2) is 8.75 Å². The first-order valence-electron chi connectivity index (χ1n) is 9.06. The van der Waals surface area contributed by atoms with E-state index in [2.05, 4.69) is 40.2 Å². The van der Waals surface area contributed by atoms with Gasteiger partial charge in [0.15, 0.2) is 11.1 Å². The Kier molecular flexibility index (Phi) is 8.25. The quantitative estimate of drug-likeness (QED) is 0.219. The average molecular weight is 573 g/mol. The Labute approximate surface area is 214 Å². The summed E-state index contributed by atoms with van der Waals surface area (Å²) in [6.07, 6.45) is 0. The zero-order valence-corrected chi connectivity index (χ0v) is 20.7. The van der Waals surface area contributed by atoms with Crippen LogP contribution in [0, 0.1) is 29.2 Å². The lowest BCUT2D eigenvalue weighted by Gasteiger charge is -2.06. The highest BCUT2D eigenvalue weighted by Gasteiger charge is 2.13. The fraction of sp³-hybridized carbons (Fsp3) is 0. The molecule has 0 unspecified atom stereocenters. The van der Waals surface area contributed by atoms with E-state index in [1.54, 1.807) is 12.1 Å². The summed E-state index contributed by atoms with van der Waals surface area (Å²) in [5, 5.41) is 24.8. The van der Waals surface area contributed by atoms with Gasteiger partial charge in [-0.25, -0.2) is 4.85 Å². The first kappa shape index (κ1) is 24.8. The normalized spacial score (nSPS) is 9.62. The Morgan fingerprint density at radius 3 is 1.94 bits per heavy atom. The number of aromatic nitrogens is 2. The van der Waals surface area contributed by atoms with Crippen LogP contribution in [0.5, 0.6) is 0 Å². The molecular weight excluding hydrogens is 562 g/mol. The number of hydrogen-bond acceptors (Lipinski definition) is 8. The Balaban J connectivity index is 0.000000196. The van der Waals surface area contributed by atoms with Crippen LogP contribution < -0.4 is 21.8 Å². The van der Waals surface area contributed by atoms with Crippen LogP contribution in [0.15, 0.2) is 56.5 Å². The minimum absolute atomic E-state index is 0.0199. The van der Waals surface area contributed by atoms with Crippen molar-refractivity contribution in [2.45, 2.75) is 0 Å². The second kappa shape index (κ2) is 11.3. The van der Waals surface area contributed by atoms with Crippen molar-refractivity contribution in [2.24, 2.45) is 0 Å². The molecule has 168 valence electrons. The summed E-state index contributed by atoms with van der Waals surface area (Å²) in [5.41, 5.74) is 1.12. The Morgan fingerprint density at radius 2 is 1.47 bits per heavy atom. The number of halogens is 2. The lowest BCUT2D eigenvalue weighted by molar-refractivity contribution is 1.38. The van der Waals surface area contributed by atoms with Gasteiger partial charge in [-0.05, 0) is 47.3 Å². The molecule has 2 heterocycles. The molecule has 13 heteroatoms. The smallest absolute Gasteiger partial charge is 0.278 e. The van der Waals surface area contributed by atoms with Gasteiger partial charge in [0.25, 0.3) is 11.1 Å². The summed E-state index contributed by atoms with van der Waals surface area (Å²) < 4.78 is 5.52. The zero-order chi connectivity index (χ0) is 24.7. The van der Waals surface area contributed by atoms with E-state index >= 15 is 0 Å². The largest absolute Gasteiger partial charge is 0.345 e. The topological polar surface area (TPSA) is 142 Å². The van der Waals surface area contributed by atoms with E-state index in [0.717, 1.165) is 28.8 Å². The summed E-state index contributed by atoms with van der Waals surface area (Å²) in [4.78, 5) is 25.8. The van der Waals surface area contributed by atoms with E-state index < -0.39 is 5.56 Å². The molecule has 2 aromatic carbocycles. The van der Waals surface area contributed by atoms with Gasteiger partial charge in [-0.15, -0.1) is 0 Å². The van der Waals surface area contributed by atoms with Crippen molar-refractivity contribution in [1.29, 1.82) is 10.5 Å². The van der Waals surface area contributed by atoms with E-state index in [1.165, 1.54) is 0 Å². The fourth-order valence-corrected chi connectivity index (χ4v) is 4.85. The molecule has 4 N–H and O–H groups in total. The van der Waals surface area contributed by atoms with Crippen LogP contribution in [0.25, 0.3) is 4.85 Å². The Bertz CT molecular complexity index is 1550. The highest BCUT2D eigenvalue weighted by molar-refractivity contribution is 9.10. The highest BCUT2D eigenvalue weighted by Crippen LogP contribution is 2.37. The van der Waals surface area contributed by atoms with Gasteiger partial charge in [-0.2, -0.15) is 10.5 Å². The van der Waals surface area contributed by atoms with Crippen molar-refractivity contribution in [1.82, 2.24) is 8.75 Å². The number of nitrogens with zero attached hydrogens (tertiary/aromatic N) is 3. The summed E-state index contributed by atoms with van der Waals surface area (Å²) in [6, 6.07) is 16.3. The second-order valence-electron chi connectivity index (χ2n) is 6.21. The maximum atomic E-state index is 11.3. The summed E-state index contributed by atoms with van der Waals surface area (Å²) in [6.45, 7) is 6.99. The van der Waals surface area contributed by atoms with Crippen molar-refractivity contribution in [3.63, 3.8) is 0 Å². The van der Waals surface area contributed by atoms with Gasteiger partial charge in [-0.3, -0.25) is 18.3 Å². The summed E-state index contributed by atoms with van der Waals surface area (Å²) >= 11 is 11.4. The first-order valence-corrected chi connectivity index (χ1v) is 11.9. The van der Waals surface area contributed by atoms with Gasteiger partial charge in [0.05, 0.1) is 11.6 Å². The lowest BCUT2D eigenvalue weighted by Crippen LogP contribution is -2.02. The van der Waals surface area contributed by atoms with Crippen molar-refractivity contribution < 1.29 is 0 Å². The van der Waals surface area contributed by atoms with E-state index in [0.29, 0.717) is 25.8 Å². The van der Waals surface area contributed by atoms with Crippen LogP contribution in [0.3, 0.4) is 0 Å². The SMILES string of the molecule is N#Cc1c(Nc2ccccc2)s[nH]c1=O.[C-]#[N+]c1c(Cl)cc(Nc2s[nH]c(=O)c2C#N)cc1Br. The van der Waals surface area contributed by atoms with Gasteiger partial charge in [0.2, 0.25) is 5.69 Å². The second-order valence-corrected chi connectivity index (χ2v) is 9.11. The van der Waals surface area contributed by atoms with E-state index in [-0.39, 0.29) is 21.7 Å². The van der Waals surface area contributed by atoms with Crippen molar-refractivity contribution in [3.8, 4) is 12.1 Å². The molecule has 0 bridgehead atoms. The third kappa shape index (κ3) is 5.73. The number of benzene rings is 2. The van der Waals surface area contributed by atoms with Crippen LogP contribution in [0.2, 0.25) is 5.02 Å². The number of nitrogens with one attached hydrogen (secondary N) is 4. The predicted octanol–water partition coefficient (Wildman–Crippen LogP) is 6.07. The number of rotatable bonds is 4. The van der Waals surface area contributed by atoms with Crippen molar-refractivity contribution in [3.05, 3.63) is 95.2 Å². The molecule has 0 aliphatic heterocycles. The third-order valence-corrected chi connectivity index (χ3v) is 6.53. The van der Waals surface area contributed by atoms with E-state index in [1.807, 2.05) is 42.5 Å². The standard InChI is InChI=1S/C11H4BrClN4OS.C10H7N3OS/c1-15-9-7(12)2-5(3-8(9)13)16-11-6(4-14)10(18)17-19-11;11-6-8-9(14)13-15-10(8)12-7-4-2-1-3-5-7/h2-3,16H,(H,17,18);1-5,12H,(H,13,14). The molecule has 0 saturated carbocycles. The van der Waals surface area contributed by atoms with Gasteiger partial charge in [0, 0.05) is 15.8 Å². The molecule has 0 atom stereocenters. The Hall–Kier alpha value is -3.86. The third-order valence-electron chi connectivity index (χ3n) is 4.04. The molecule has 0 amide bonds. The van der Waals surface area contributed by atoms with Gasteiger partial charge >= 0.3 is 0 Å². The molecule has 0 radical (unpaired) electrons. The summed E-state index contributed by atoms with van der Waals surface area (Å²) in [5.74, 6) is 0. The molecule has 0 aliphatic rings. The van der Waals surface area contributed by atoms with Crippen LogP contribution >= 0.6 is 50.6 Å². The molecule has 2 aromatic heterocycles. The Morgan fingerprint density at radius 1 is 0.941 bits per heavy atom. The van der Waals surface area contributed by atoms with E-state index in [4.69, 9.17) is 28.7 Å². The maximum Gasteiger partial charge on any atom is 0.278 e. The number of nitriles is 2. The monoisotopic (exact) mass is 571 g/mol. The first-order chi connectivity index (χ1) is 16.4. The number of para-hydroxylation sites is 1. The zero-order valence-electron chi connectivity index (χ0n) is 16.8. The molecular formula is C21H11BrClN7O2S2. The molecule has 0 aliphatic carbocycles. The summed E-state index contributed by atoms with van der Waals surface area (Å²) in [7, 11) is 0. The van der Waals surface area contributed by atoms with Gasteiger partial charge in [0.1, 0.15) is 22.1 Å². The minimum Gasteiger partial charge on any atom is -0.345 e. The van der Waals surface area contributed by atoms with Crippen LogP contribution in [-0.2, 0) is 0 Å². The van der Waals surface area contributed by atoms with Gasteiger partial charge < -0.3 is 10.6 Å². The fourth-order valence-electron chi connectivity index (χ4n) is 2.51. The number of anilines is 4. The number of hydrogen-bond donors (Lipinski definition) is 4. The maximum absolute atomic E-state index is 11.3. The van der Waals surface area contributed by atoms with Crippen LogP contribution in [0.4, 0.5) is 27.1 Å². The molecule has 34 heavy (non-hydrogen) atoms. The van der Waals surface area contributed by atoms with Crippen LogP contribution in [0.1, 0.15) is 11.1 Å². The molecule has 0 spiro atoms. The number of H-pyrrole nitrogens is 2. The van der Waals surface area contributed by atoms with Gasteiger partial charge in [-0.1, -0.05) is 45.7 Å². The molecule has 0 fully saturated rings. The lowest BCUT2D eigenvalue weighted by atomic mass is 10.2. The van der Waals surface area contributed by atoms with Crippen molar-refractivity contribution >= 4 is 77.7 Å². The predicted molar refractivity (Wildman–Crippen MR) is 138 cm³/mol.